The average Bonchev–Trinajstić information content (AvgIpc) is 2.77. The summed E-state index contributed by atoms with van der Waals surface area (Å²) in [5.41, 5.74) is 1.21. The van der Waals surface area contributed by atoms with Crippen LogP contribution in [0.3, 0.4) is 0 Å². The molecule has 2 rings (SSSR count). The third-order valence-corrected chi connectivity index (χ3v) is 5.10. The number of hydrogen-bond donors (Lipinski definition) is 1. The number of thioether (sulfide) groups is 1. The van der Waals surface area contributed by atoms with Gasteiger partial charge in [-0.05, 0) is 53.4 Å². The number of nitrogens with one attached hydrogen (secondary N) is 1. The van der Waals surface area contributed by atoms with Gasteiger partial charge < -0.3 is 5.32 Å². The Balaban J connectivity index is 2.15. The molecule has 0 fully saturated rings. The van der Waals surface area contributed by atoms with Crippen molar-refractivity contribution in [2.75, 3.05) is 11.6 Å². The fourth-order valence-electron chi connectivity index (χ4n) is 1.63. The summed E-state index contributed by atoms with van der Waals surface area (Å²) in [6.45, 7) is 2.19. The molecule has 0 radical (unpaired) electrons. The molecule has 17 heavy (non-hydrogen) atoms. The van der Waals surface area contributed by atoms with Crippen molar-refractivity contribution < 1.29 is 0 Å². The molecule has 0 amide bonds. The molecule has 0 spiro atoms. The van der Waals surface area contributed by atoms with Gasteiger partial charge in [0.1, 0.15) is 0 Å². The fraction of sp³-hybridized carbons (Fsp3) is 0.231. The normalized spacial score (nSPS) is 12.4. The Labute approximate surface area is 119 Å². The first-order valence-electron chi connectivity index (χ1n) is 5.35. The van der Waals surface area contributed by atoms with Gasteiger partial charge in [0.25, 0.3) is 0 Å². The first kappa shape index (κ1) is 13.0. The molecule has 2 aromatic rings. The van der Waals surface area contributed by atoms with E-state index in [1.165, 1.54) is 19.2 Å². The van der Waals surface area contributed by atoms with Gasteiger partial charge in [-0.15, -0.1) is 23.1 Å². The van der Waals surface area contributed by atoms with Gasteiger partial charge in [0, 0.05) is 15.5 Å². The quantitative estimate of drug-likeness (QED) is 0.754. The molecule has 1 atom stereocenters. The third-order valence-electron chi connectivity index (χ3n) is 2.50. The summed E-state index contributed by atoms with van der Waals surface area (Å²) < 4.78 is 1.18. The van der Waals surface area contributed by atoms with Crippen molar-refractivity contribution in [3.05, 3.63) is 45.1 Å². The number of thiophene rings is 1. The molecule has 1 N–H and O–H groups in total. The summed E-state index contributed by atoms with van der Waals surface area (Å²) in [5.74, 6) is 0. The van der Waals surface area contributed by atoms with Gasteiger partial charge in [0.05, 0.1) is 9.83 Å². The van der Waals surface area contributed by atoms with Gasteiger partial charge in [-0.2, -0.15) is 0 Å². The molecule has 1 aromatic heterocycles. The van der Waals surface area contributed by atoms with Gasteiger partial charge >= 0.3 is 0 Å². The molecular weight excluding hydrogens is 314 g/mol. The highest BCUT2D eigenvalue weighted by Gasteiger charge is 2.09. The van der Waals surface area contributed by atoms with E-state index < -0.39 is 0 Å². The predicted molar refractivity (Wildman–Crippen MR) is 82.3 cm³/mol. The highest BCUT2D eigenvalue weighted by atomic mass is 79.9. The smallest absolute Gasteiger partial charge is 0.0702 e. The summed E-state index contributed by atoms with van der Waals surface area (Å²) in [6.07, 6.45) is 2.10. The Kier molecular flexibility index (Phi) is 4.54. The van der Waals surface area contributed by atoms with E-state index in [9.17, 15) is 0 Å². The van der Waals surface area contributed by atoms with Crippen LogP contribution in [0, 0.1) is 0 Å². The number of halogens is 1. The summed E-state index contributed by atoms with van der Waals surface area (Å²) in [4.78, 5) is 2.63. The van der Waals surface area contributed by atoms with E-state index in [0.717, 1.165) is 0 Å². The van der Waals surface area contributed by atoms with E-state index >= 15 is 0 Å². The Bertz CT molecular complexity index is 496. The van der Waals surface area contributed by atoms with Crippen LogP contribution in [0.1, 0.15) is 17.8 Å². The van der Waals surface area contributed by atoms with Crippen LogP contribution in [0.25, 0.3) is 0 Å². The molecule has 0 saturated heterocycles. The first-order valence-corrected chi connectivity index (χ1v) is 8.19. The number of para-hydroxylation sites is 1. The molecule has 1 nitrogen and oxygen atoms in total. The Morgan fingerprint density at radius 3 is 2.65 bits per heavy atom. The Morgan fingerprint density at radius 1 is 1.24 bits per heavy atom. The first-order chi connectivity index (χ1) is 8.20. The lowest BCUT2D eigenvalue weighted by atomic mass is 10.2. The van der Waals surface area contributed by atoms with E-state index in [1.807, 2.05) is 0 Å². The Hall–Kier alpha value is -0.450. The van der Waals surface area contributed by atoms with Crippen LogP contribution < -0.4 is 5.32 Å². The zero-order valence-corrected chi connectivity index (χ0v) is 13.0. The van der Waals surface area contributed by atoms with Crippen LogP contribution in [-0.2, 0) is 0 Å². The fourth-order valence-corrected chi connectivity index (χ4v) is 3.62. The second-order valence-electron chi connectivity index (χ2n) is 3.71. The van der Waals surface area contributed by atoms with Crippen molar-refractivity contribution >= 4 is 44.7 Å². The zero-order chi connectivity index (χ0) is 12.3. The molecule has 0 aliphatic carbocycles. The molecule has 1 unspecified atom stereocenters. The van der Waals surface area contributed by atoms with Crippen LogP contribution in [0.4, 0.5) is 5.69 Å². The minimum atomic E-state index is 0.333. The lowest BCUT2D eigenvalue weighted by Crippen LogP contribution is -2.05. The molecule has 0 saturated carbocycles. The number of anilines is 1. The van der Waals surface area contributed by atoms with Crippen molar-refractivity contribution in [3.8, 4) is 0 Å². The second-order valence-corrected chi connectivity index (χ2v) is 7.05. The monoisotopic (exact) mass is 327 g/mol. The molecule has 1 aromatic carbocycles. The van der Waals surface area contributed by atoms with Gasteiger partial charge in [0.2, 0.25) is 0 Å². The number of hydrogen-bond acceptors (Lipinski definition) is 3. The van der Waals surface area contributed by atoms with Gasteiger partial charge in [0.15, 0.2) is 0 Å². The molecule has 90 valence electrons. The summed E-state index contributed by atoms with van der Waals surface area (Å²) >= 11 is 7.05. The van der Waals surface area contributed by atoms with Gasteiger partial charge in [-0.3, -0.25) is 0 Å². The largest absolute Gasteiger partial charge is 0.377 e. The summed E-state index contributed by atoms with van der Waals surface area (Å²) in [5, 5.41) is 3.56. The van der Waals surface area contributed by atoms with E-state index in [1.54, 1.807) is 23.1 Å². The van der Waals surface area contributed by atoms with Crippen LogP contribution in [-0.4, -0.2) is 6.26 Å². The third kappa shape index (κ3) is 3.27. The van der Waals surface area contributed by atoms with Gasteiger partial charge in [-0.25, -0.2) is 0 Å². The van der Waals surface area contributed by atoms with Gasteiger partial charge in [-0.1, -0.05) is 12.1 Å². The minimum absolute atomic E-state index is 0.333. The van der Waals surface area contributed by atoms with Crippen LogP contribution >= 0.6 is 39.0 Å². The highest BCUT2D eigenvalue weighted by Crippen LogP contribution is 2.32. The molecular formula is C13H14BrNS2. The number of benzene rings is 1. The lowest BCUT2D eigenvalue weighted by molar-refractivity contribution is 0.902. The van der Waals surface area contributed by atoms with Crippen molar-refractivity contribution in [1.29, 1.82) is 0 Å². The van der Waals surface area contributed by atoms with E-state index in [0.29, 0.717) is 6.04 Å². The van der Waals surface area contributed by atoms with E-state index in [2.05, 4.69) is 70.8 Å². The maximum atomic E-state index is 3.56. The molecule has 0 bridgehead atoms. The maximum Gasteiger partial charge on any atom is 0.0702 e. The molecule has 0 aliphatic rings. The van der Waals surface area contributed by atoms with Crippen molar-refractivity contribution in [1.82, 2.24) is 0 Å². The Morgan fingerprint density at radius 2 is 2.00 bits per heavy atom. The van der Waals surface area contributed by atoms with Crippen LogP contribution in [0.5, 0.6) is 0 Å². The van der Waals surface area contributed by atoms with Crippen LogP contribution in [0.2, 0.25) is 0 Å². The highest BCUT2D eigenvalue weighted by molar-refractivity contribution is 9.11. The molecule has 4 heteroatoms. The zero-order valence-electron chi connectivity index (χ0n) is 9.74. The number of rotatable bonds is 4. The maximum absolute atomic E-state index is 3.56. The second kappa shape index (κ2) is 5.94. The molecule has 0 aliphatic heterocycles. The van der Waals surface area contributed by atoms with Crippen LogP contribution in [0.15, 0.2) is 45.1 Å². The SMILES string of the molecule is CSc1ccccc1NC(C)c1ccc(Br)s1. The topological polar surface area (TPSA) is 12.0 Å². The van der Waals surface area contributed by atoms with Crippen molar-refractivity contribution in [2.45, 2.75) is 17.9 Å². The summed E-state index contributed by atoms with van der Waals surface area (Å²) in [6, 6.07) is 13.0. The van der Waals surface area contributed by atoms with E-state index in [4.69, 9.17) is 0 Å². The predicted octanol–water partition coefficient (Wildman–Crippen LogP) is 5.41. The summed E-state index contributed by atoms with van der Waals surface area (Å²) in [7, 11) is 0. The lowest BCUT2D eigenvalue weighted by Gasteiger charge is -2.16. The van der Waals surface area contributed by atoms with E-state index in [-0.39, 0.29) is 0 Å². The molecule has 1 heterocycles. The average molecular weight is 328 g/mol. The minimum Gasteiger partial charge on any atom is -0.377 e. The van der Waals surface area contributed by atoms with Crippen molar-refractivity contribution in [2.24, 2.45) is 0 Å². The standard InChI is InChI=1S/C13H14BrNS2/c1-9(11-7-8-13(14)17-11)15-10-5-3-4-6-12(10)16-2/h3-9,15H,1-2H3. The van der Waals surface area contributed by atoms with Crippen molar-refractivity contribution in [3.63, 3.8) is 0 Å².